The summed E-state index contributed by atoms with van der Waals surface area (Å²) in [6.07, 6.45) is 6.07. The number of hydrogen-bond donors (Lipinski definition) is 1. The maximum absolute atomic E-state index is 13.0. The number of hydrazone groups is 1. The van der Waals surface area contributed by atoms with Gasteiger partial charge in [0.15, 0.2) is 0 Å². The summed E-state index contributed by atoms with van der Waals surface area (Å²) >= 11 is 1.61. The highest BCUT2D eigenvalue weighted by atomic mass is 32.1. The van der Waals surface area contributed by atoms with Gasteiger partial charge >= 0.3 is 0 Å². The summed E-state index contributed by atoms with van der Waals surface area (Å²) in [5.41, 5.74) is 4.42. The predicted octanol–water partition coefficient (Wildman–Crippen LogP) is 3.89. The molecule has 6 nitrogen and oxygen atoms in total. The van der Waals surface area contributed by atoms with Crippen LogP contribution in [0.15, 0.2) is 58.7 Å². The predicted molar refractivity (Wildman–Crippen MR) is 125 cm³/mol. The molecule has 2 heterocycles. The number of carbonyl (C=O) groups is 1. The van der Waals surface area contributed by atoms with Crippen LogP contribution in [-0.4, -0.2) is 21.7 Å². The number of fused-ring (bicyclic) bond motifs is 4. The fraction of sp³-hybridized carbons (Fsp3) is 0.250. The van der Waals surface area contributed by atoms with E-state index in [1.807, 2.05) is 42.5 Å². The molecular weight excluding hydrogens is 408 g/mol. The van der Waals surface area contributed by atoms with Crippen molar-refractivity contribution in [2.24, 2.45) is 11.0 Å². The highest BCUT2D eigenvalue weighted by Gasteiger charge is 2.23. The number of amides is 1. The first-order valence-corrected chi connectivity index (χ1v) is 11.2. The lowest BCUT2D eigenvalue weighted by Crippen LogP contribution is -2.30. The number of carbonyl (C=O) groups excluding carboxylic acids is 1. The Balaban J connectivity index is 1.34. The lowest BCUT2D eigenvalue weighted by Gasteiger charge is -2.17. The van der Waals surface area contributed by atoms with Gasteiger partial charge in [0.1, 0.15) is 11.4 Å². The maximum atomic E-state index is 13.0. The Morgan fingerprint density at radius 3 is 3.03 bits per heavy atom. The zero-order valence-electron chi connectivity index (χ0n) is 17.2. The quantitative estimate of drug-likeness (QED) is 0.394. The van der Waals surface area contributed by atoms with Gasteiger partial charge in [0.2, 0.25) is 0 Å². The summed E-state index contributed by atoms with van der Waals surface area (Å²) in [4.78, 5) is 31.9. The minimum atomic E-state index is -0.363. The van der Waals surface area contributed by atoms with Crippen LogP contribution < -0.4 is 11.0 Å². The van der Waals surface area contributed by atoms with Crippen LogP contribution in [0, 0.1) is 5.92 Å². The standard InChI is InChI=1S/C24H22N4O2S/c1-15-9-10-19-20(11-15)31-23-22(19)24(30)28(14-25-23)13-21(29)27-26-12-17-7-4-6-16-5-2-3-8-18(16)17/h2-8,12,14-15H,9-11,13H2,1H3,(H,27,29)/b26-12+. The second-order valence-corrected chi connectivity index (χ2v) is 9.15. The van der Waals surface area contributed by atoms with Gasteiger partial charge in [-0.2, -0.15) is 5.10 Å². The molecule has 0 aliphatic heterocycles. The van der Waals surface area contributed by atoms with E-state index in [4.69, 9.17) is 0 Å². The maximum Gasteiger partial charge on any atom is 0.262 e. The minimum absolute atomic E-state index is 0.115. The van der Waals surface area contributed by atoms with Gasteiger partial charge in [-0.1, -0.05) is 49.4 Å². The van der Waals surface area contributed by atoms with Gasteiger partial charge in [-0.15, -0.1) is 11.3 Å². The molecule has 1 aliphatic rings. The van der Waals surface area contributed by atoms with Crippen LogP contribution in [0.25, 0.3) is 21.0 Å². The Labute approximate surface area is 183 Å². The van der Waals surface area contributed by atoms with E-state index in [-0.39, 0.29) is 18.0 Å². The van der Waals surface area contributed by atoms with Crippen molar-refractivity contribution < 1.29 is 4.79 Å². The van der Waals surface area contributed by atoms with E-state index in [1.165, 1.54) is 15.8 Å². The van der Waals surface area contributed by atoms with Crippen molar-refractivity contribution in [2.75, 3.05) is 0 Å². The van der Waals surface area contributed by atoms with Crippen LogP contribution in [0.1, 0.15) is 29.3 Å². The molecule has 1 aliphatic carbocycles. The molecule has 1 N–H and O–H groups in total. The molecule has 156 valence electrons. The van der Waals surface area contributed by atoms with E-state index >= 15 is 0 Å². The smallest absolute Gasteiger partial charge is 0.262 e. The number of aryl methyl sites for hydroxylation is 1. The fourth-order valence-electron chi connectivity index (χ4n) is 4.21. The highest BCUT2D eigenvalue weighted by Crippen LogP contribution is 2.35. The van der Waals surface area contributed by atoms with E-state index in [9.17, 15) is 9.59 Å². The van der Waals surface area contributed by atoms with Gasteiger partial charge in [-0.3, -0.25) is 14.2 Å². The molecule has 0 radical (unpaired) electrons. The van der Waals surface area contributed by atoms with Crippen molar-refractivity contribution in [3.05, 3.63) is 75.1 Å². The van der Waals surface area contributed by atoms with Gasteiger partial charge in [0.25, 0.3) is 11.5 Å². The van der Waals surface area contributed by atoms with Gasteiger partial charge in [0, 0.05) is 10.4 Å². The van der Waals surface area contributed by atoms with Crippen LogP contribution in [0.4, 0.5) is 0 Å². The number of aromatic nitrogens is 2. The lowest BCUT2D eigenvalue weighted by atomic mass is 9.89. The molecule has 0 bridgehead atoms. The SMILES string of the molecule is CC1CCc2c(sc3ncn(CC(=O)N/N=C/c4cccc5ccccc45)c(=O)c23)C1. The molecule has 5 rings (SSSR count). The molecule has 1 amide bonds. The second kappa shape index (κ2) is 8.07. The van der Waals surface area contributed by atoms with Gasteiger partial charge in [-0.25, -0.2) is 10.4 Å². The Morgan fingerprint density at radius 2 is 2.13 bits per heavy atom. The van der Waals surface area contributed by atoms with Crippen molar-refractivity contribution >= 4 is 44.4 Å². The number of nitrogens with one attached hydrogen (secondary N) is 1. The van der Waals surface area contributed by atoms with Crippen molar-refractivity contribution in [3.8, 4) is 0 Å². The largest absolute Gasteiger partial charge is 0.289 e. The van der Waals surface area contributed by atoms with Crippen LogP contribution in [0.2, 0.25) is 0 Å². The Hall–Kier alpha value is -3.32. The first-order valence-electron chi connectivity index (χ1n) is 10.4. The van der Waals surface area contributed by atoms with E-state index in [0.717, 1.165) is 46.0 Å². The third kappa shape index (κ3) is 3.77. The number of hydrogen-bond acceptors (Lipinski definition) is 5. The molecule has 0 spiro atoms. The molecular formula is C24H22N4O2S. The highest BCUT2D eigenvalue weighted by molar-refractivity contribution is 7.18. The van der Waals surface area contributed by atoms with E-state index in [1.54, 1.807) is 17.6 Å². The molecule has 2 aromatic heterocycles. The normalized spacial score (nSPS) is 16.1. The molecule has 0 fully saturated rings. The third-order valence-corrected chi connectivity index (χ3v) is 6.97. The summed E-state index contributed by atoms with van der Waals surface area (Å²) in [6.45, 7) is 2.12. The zero-order chi connectivity index (χ0) is 21.4. The summed E-state index contributed by atoms with van der Waals surface area (Å²) < 4.78 is 1.37. The summed E-state index contributed by atoms with van der Waals surface area (Å²) in [6, 6.07) is 13.9. The summed E-state index contributed by atoms with van der Waals surface area (Å²) in [7, 11) is 0. The Morgan fingerprint density at radius 1 is 1.29 bits per heavy atom. The topological polar surface area (TPSA) is 76.3 Å². The average Bonchev–Trinajstić information content (AvgIpc) is 3.14. The first kappa shape index (κ1) is 19.6. The second-order valence-electron chi connectivity index (χ2n) is 8.07. The molecule has 2 aromatic carbocycles. The Kier molecular flexibility index (Phi) is 5.11. The van der Waals surface area contributed by atoms with Crippen LogP contribution in [0.3, 0.4) is 0 Å². The van der Waals surface area contributed by atoms with Crippen molar-refractivity contribution in [1.82, 2.24) is 15.0 Å². The van der Waals surface area contributed by atoms with Crippen molar-refractivity contribution in [2.45, 2.75) is 32.7 Å². The van der Waals surface area contributed by atoms with Crippen molar-refractivity contribution in [3.63, 3.8) is 0 Å². The molecule has 0 saturated carbocycles. The average molecular weight is 431 g/mol. The van der Waals surface area contributed by atoms with E-state index in [2.05, 4.69) is 22.4 Å². The van der Waals surface area contributed by atoms with Gasteiger partial charge < -0.3 is 0 Å². The van der Waals surface area contributed by atoms with Gasteiger partial charge in [0.05, 0.1) is 17.9 Å². The van der Waals surface area contributed by atoms with Gasteiger partial charge in [-0.05, 0) is 41.5 Å². The van der Waals surface area contributed by atoms with Crippen LogP contribution in [0.5, 0.6) is 0 Å². The van der Waals surface area contributed by atoms with E-state index in [0.29, 0.717) is 11.3 Å². The Bertz CT molecular complexity index is 1380. The first-order chi connectivity index (χ1) is 15.1. The zero-order valence-corrected chi connectivity index (χ0v) is 18.0. The number of nitrogens with zero attached hydrogens (tertiary/aromatic N) is 3. The molecule has 1 unspecified atom stereocenters. The molecule has 4 aromatic rings. The molecule has 7 heteroatoms. The van der Waals surface area contributed by atoms with Crippen LogP contribution in [-0.2, 0) is 24.2 Å². The van der Waals surface area contributed by atoms with Crippen LogP contribution >= 0.6 is 11.3 Å². The number of rotatable bonds is 4. The fourth-order valence-corrected chi connectivity index (χ4v) is 5.55. The third-order valence-electron chi connectivity index (χ3n) is 5.81. The molecule has 0 saturated heterocycles. The minimum Gasteiger partial charge on any atom is -0.289 e. The van der Waals surface area contributed by atoms with Crippen molar-refractivity contribution in [1.29, 1.82) is 0 Å². The number of thiophene rings is 1. The summed E-state index contributed by atoms with van der Waals surface area (Å²) in [5.74, 6) is 0.269. The monoisotopic (exact) mass is 430 g/mol. The summed E-state index contributed by atoms with van der Waals surface area (Å²) in [5, 5.41) is 6.94. The number of benzene rings is 2. The molecule has 31 heavy (non-hydrogen) atoms. The molecule has 1 atom stereocenters. The van der Waals surface area contributed by atoms with E-state index < -0.39 is 0 Å². The lowest BCUT2D eigenvalue weighted by molar-refractivity contribution is -0.121.